The lowest BCUT2D eigenvalue weighted by atomic mass is 10.00. The molecule has 0 radical (unpaired) electrons. The van der Waals surface area contributed by atoms with E-state index in [1.54, 1.807) is 27.7 Å². The number of unbranched alkanes of at least 4 members (excludes halogenated alkanes) is 1. The quantitative estimate of drug-likeness (QED) is 0.0304. The topological polar surface area (TPSA) is 392 Å². The Morgan fingerprint density at radius 1 is 0.652 bits per heavy atom. The first kappa shape index (κ1) is 59.2. The van der Waals surface area contributed by atoms with Crippen LogP contribution in [0, 0.1) is 11.8 Å². The third-order valence-corrected chi connectivity index (χ3v) is 11.4. The lowest BCUT2D eigenvalue weighted by Crippen LogP contribution is -2.58. The second kappa shape index (κ2) is 30.5. The van der Waals surface area contributed by atoms with E-state index in [2.05, 4.69) is 47.9 Å². The molecule has 2 rings (SSSR count). The highest BCUT2D eigenvalue weighted by molar-refractivity contribution is 5.97. The molecular formula is C44H76N12O13. The maximum atomic E-state index is 13.5. The number of nitrogens with two attached hydrogens (primary N) is 2. The van der Waals surface area contributed by atoms with Crippen LogP contribution in [0.1, 0.15) is 112 Å². The highest BCUT2D eigenvalue weighted by Gasteiger charge is 2.35. The molecule has 0 aromatic rings. The summed E-state index contributed by atoms with van der Waals surface area (Å²) in [5.41, 5.74) is 10.8. The van der Waals surface area contributed by atoms with Gasteiger partial charge in [-0.15, -0.1) is 0 Å². The summed E-state index contributed by atoms with van der Waals surface area (Å²) in [7, 11) is 0. The van der Waals surface area contributed by atoms with Crippen LogP contribution in [0.25, 0.3) is 0 Å². The highest BCUT2D eigenvalue weighted by Crippen LogP contribution is 2.18. The molecule has 10 amide bonds. The van der Waals surface area contributed by atoms with Crippen molar-refractivity contribution >= 4 is 65.0 Å². The van der Waals surface area contributed by atoms with Crippen LogP contribution in [0.4, 0.5) is 0 Å². The molecule has 0 saturated carbocycles. The molecule has 0 aromatic heterocycles. The third-order valence-electron chi connectivity index (χ3n) is 11.4. The van der Waals surface area contributed by atoms with Crippen LogP contribution in [-0.4, -0.2) is 168 Å². The van der Waals surface area contributed by atoms with E-state index in [-0.39, 0.29) is 69.9 Å². The SMILES string of the molecule is CC(C)C[C@H](NC(=O)CNC(=O)[C@H](CC(C)C)NC(=O)[C@H](CCCC(N)=O)NC(=O)CNC(=O)[C@@H]1C[C@@H](O)CN1)C(=O)N[C@@H](C)C(=O)NCC(=O)N1CCCC[C@H]1C(=O)N[C@@H](CCCCN)C(=O)O. The van der Waals surface area contributed by atoms with Gasteiger partial charge in [0.05, 0.1) is 31.8 Å². The van der Waals surface area contributed by atoms with Crippen LogP contribution in [0.5, 0.6) is 0 Å². The molecule has 390 valence electrons. The van der Waals surface area contributed by atoms with Crippen molar-refractivity contribution in [2.24, 2.45) is 23.3 Å². The summed E-state index contributed by atoms with van der Waals surface area (Å²) >= 11 is 0. The molecule has 2 fully saturated rings. The van der Waals surface area contributed by atoms with E-state index < -0.39 is 133 Å². The number of β-amino-alcohol motifs (C(OH)–C–C–N with tert-alkyl or cyclic N) is 1. The van der Waals surface area contributed by atoms with Crippen molar-refractivity contribution in [2.45, 2.75) is 160 Å². The number of nitrogens with one attached hydrogen (secondary N) is 9. The van der Waals surface area contributed by atoms with Gasteiger partial charge in [-0.25, -0.2) is 4.79 Å². The lowest BCUT2D eigenvalue weighted by Gasteiger charge is -2.35. The first-order valence-corrected chi connectivity index (χ1v) is 23.8. The standard InChI is InChI=1S/C44H76N12O13/c1-24(2)17-31(55-41(65)28(12-10-14-34(46)58)52-35(59)21-48-39(63)30-19-27(57)20-47-30)40(64)49-22-36(60)53-32(18-25(3)4)42(66)51-26(5)38(62)50-23-37(61)56-16-9-7-13-33(56)43(67)54-29(44(68)69)11-6-8-15-45/h24-33,47,57H,6-23,45H2,1-5H3,(H2,46,58)(H,48,63)(H,49,64)(H,50,62)(H,51,66)(H,52,59)(H,53,60)(H,54,67)(H,55,65)(H,68,69)/t26-,27+,28-,29-,30-,31-,32-,33-/m0/s1. The van der Waals surface area contributed by atoms with E-state index in [1.165, 1.54) is 11.8 Å². The second-order valence-corrected chi connectivity index (χ2v) is 18.4. The van der Waals surface area contributed by atoms with Crippen molar-refractivity contribution in [3.05, 3.63) is 0 Å². The number of aliphatic hydroxyl groups is 1. The molecule has 0 bridgehead atoms. The third kappa shape index (κ3) is 22.4. The van der Waals surface area contributed by atoms with Gasteiger partial charge in [0.15, 0.2) is 0 Å². The van der Waals surface area contributed by atoms with Crippen LogP contribution in [0.3, 0.4) is 0 Å². The Balaban J connectivity index is 2.00. The van der Waals surface area contributed by atoms with Gasteiger partial charge >= 0.3 is 5.97 Å². The number of nitrogens with zero attached hydrogens (tertiary/aromatic N) is 1. The molecule has 25 heteroatoms. The summed E-state index contributed by atoms with van der Waals surface area (Å²) in [6.07, 6.45) is 2.42. The summed E-state index contributed by atoms with van der Waals surface area (Å²) in [6, 6.07) is -7.58. The van der Waals surface area contributed by atoms with Crippen LogP contribution in [0.2, 0.25) is 0 Å². The minimum absolute atomic E-state index is 0.0469. The van der Waals surface area contributed by atoms with E-state index in [0.29, 0.717) is 38.6 Å². The predicted octanol–water partition coefficient (Wildman–Crippen LogP) is -4.16. The number of aliphatic carboxylic acids is 1. The summed E-state index contributed by atoms with van der Waals surface area (Å²) in [5.74, 6) is -8.32. The minimum atomic E-state index is -1.25. The van der Waals surface area contributed by atoms with Crippen molar-refractivity contribution in [3.8, 4) is 0 Å². The molecule has 0 aliphatic carbocycles. The Bertz CT molecular complexity index is 1800. The summed E-state index contributed by atoms with van der Waals surface area (Å²) in [4.78, 5) is 143. The van der Waals surface area contributed by atoms with Crippen molar-refractivity contribution in [1.29, 1.82) is 0 Å². The lowest BCUT2D eigenvalue weighted by molar-refractivity contribution is -0.146. The number of amides is 10. The average Bonchev–Trinajstić information content (AvgIpc) is 3.73. The highest BCUT2D eigenvalue weighted by atomic mass is 16.4. The molecule has 25 nitrogen and oxygen atoms in total. The Morgan fingerprint density at radius 2 is 1.23 bits per heavy atom. The number of carbonyl (C=O) groups excluding carboxylic acids is 10. The van der Waals surface area contributed by atoms with Crippen molar-refractivity contribution in [3.63, 3.8) is 0 Å². The number of piperidine rings is 1. The normalized spacial score (nSPS) is 18.9. The van der Waals surface area contributed by atoms with Gasteiger partial charge in [0.2, 0.25) is 59.1 Å². The molecule has 2 aliphatic rings. The van der Waals surface area contributed by atoms with E-state index in [4.69, 9.17) is 11.5 Å². The molecule has 15 N–H and O–H groups in total. The molecule has 0 unspecified atom stereocenters. The maximum Gasteiger partial charge on any atom is 0.326 e. The molecule has 8 atom stereocenters. The molecule has 0 spiro atoms. The number of carbonyl (C=O) groups is 11. The number of hydrogen-bond donors (Lipinski definition) is 13. The monoisotopic (exact) mass is 981 g/mol. The van der Waals surface area contributed by atoms with E-state index in [1.807, 2.05) is 0 Å². The van der Waals surface area contributed by atoms with Crippen molar-refractivity contribution < 1.29 is 63.0 Å². The fraction of sp³-hybridized carbons (Fsp3) is 0.750. The van der Waals surface area contributed by atoms with Crippen LogP contribution in [-0.2, 0) is 52.7 Å². The zero-order valence-corrected chi connectivity index (χ0v) is 40.5. The van der Waals surface area contributed by atoms with Gasteiger partial charge in [-0.2, -0.15) is 0 Å². The van der Waals surface area contributed by atoms with Gasteiger partial charge in [0.25, 0.3) is 0 Å². The van der Waals surface area contributed by atoms with E-state index in [9.17, 15) is 63.0 Å². The number of primary amides is 1. The van der Waals surface area contributed by atoms with Gasteiger partial charge in [0, 0.05) is 19.5 Å². The summed E-state index contributed by atoms with van der Waals surface area (Å²) < 4.78 is 0. The Hall–Kier alpha value is -5.95. The van der Waals surface area contributed by atoms with Crippen LogP contribution in [0.15, 0.2) is 0 Å². The number of likely N-dealkylation sites (tertiary alicyclic amines) is 1. The number of hydrogen-bond acceptors (Lipinski definition) is 14. The Morgan fingerprint density at radius 3 is 1.81 bits per heavy atom. The smallest absolute Gasteiger partial charge is 0.326 e. The molecular weight excluding hydrogens is 905 g/mol. The average molecular weight is 981 g/mol. The minimum Gasteiger partial charge on any atom is -0.480 e. The van der Waals surface area contributed by atoms with Crippen molar-refractivity contribution in [2.75, 3.05) is 39.3 Å². The number of carboxylic acid groups (broad SMARTS) is 1. The molecule has 2 aliphatic heterocycles. The first-order valence-electron chi connectivity index (χ1n) is 23.8. The van der Waals surface area contributed by atoms with Gasteiger partial charge in [-0.3, -0.25) is 47.9 Å². The predicted molar refractivity (Wildman–Crippen MR) is 249 cm³/mol. The van der Waals surface area contributed by atoms with Crippen LogP contribution < -0.4 is 59.3 Å². The zero-order valence-electron chi connectivity index (χ0n) is 40.5. The fourth-order valence-electron chi connectivity index (χ4n) is 7.73. The van der Waals surface area contributed by atoms with E-state index >= 15 is 0 Å². The maximum absolute atomic E-state index is 13.5. The van der Waals surface area contributed by atoms with Gasteiger partial charge in [-0.05, 0) is 95.9 Å². The largest absolute Gasteiger partial charge is 0.480 e. The zero-order chi connectivity index (χ0) is 51.8. The molecule has 69 heavy (non-hydrogen) atoms. The summed E-state index contributed by atoms with van der Waals surface area (Å²) in [6.45, 7) is 7.73. The number of aliphatic hydroxyl groups excluding tert-OH is 1. The van der Waals surface area contributed by atoms with Crippen LogP contribution >= 0.6 is 0 Å². The Labute approximate surface area is 402 Å². The van der Waals surface area contributed by atoms with E-state index in [0.717, 1.165) is 0 Å². The molecule has 2 heterocycles. The molecule has 0 aromatic carbocycles. The number of rotatable bonds is 30. The fourth-order valence-corrected chi connectivity index (χ4v) is 7.73. The summed E-state index contributed by atoms with van der Waals surface area (Å²) in [5, 5.41) is 42.2. The van der Waals surface area contributed by atoms with Gasteiger partial charge < -0.3 is 74.4 Å². The number of carboxylic acids is 1. The van der Waals surface area contributed by atoms with Gasteiger partial charge in [-0.1, -0.05) is 27.7 Å². The van der Waals surface area contributed by atoms with Gasteiger partial charge in [0.1, 0.15) is 36.3 Å². The second-order valence-electron chi connectivity index (χ2n) is 18.4. The van der Waals surface area contributed by atoms with Crippen molar-refractivity contribution in [1.82, 2.24) is 52.8 Å². The first-order chi connectivity index (χ1) is 32.5. The Kier molecular flexibility index (Phi) is 26.2. The molecule has 2 saturated heterocycles.